The van der Waals surface area contributed by atoms with E-state index in [1.165, 1.54) is 0 Å². The van der Waals surface area contributed by atoms with Crippen molar-refractivity contribution in [3.63, 3.8) is 0 Å². The van der Waals surface area contributed by atoms with Gasteiger partial charge in [0, 0.05) is 3.57 Å². The fourth-order valence-electron chi connectivity index (χ4n) is 0.828. The third kappa shape index (κ3) is 2.32. The summed E-state index contributed by atoms with van der Waals surface area (Å²) < 4.78 is 1.05. The van der Waals surface area contributed by atoms with Crippen molar-refractivity contribution in [3.8, 4) is 0 Å². The van der Waals surface area contributed by atoms with Gasteiger partial charge >= 0.3 is 0 Å². The molecule has 60 valence electrons. The lowest BCUT2D eigenvalue weighted by Crippen LogP contribution is -2.00. The average Bonchev–Trinajstić information content (AvgIpc) is 2.04. The largest absolute Gasteiger partial charge is 0.387 e. The van der Waals surface area contributed by atoms with E-state index in [4.69, 9.17) is 11.6 Å². The Labute approximate surface area is 84.5 Å². The summed E-state index contributed by atoms with van der Waals surface area (Å²) in [6.45, 7) is 0. The summed E-state index contributed by atoms with van der Waals surface area (Å²) in [5.74, 6) is 0.250. The Morgan fingerprint density at radius 3 is 2.64 bits per heavy atom. The molecule has 0 aromatic heterocycles. The minimum Gasteiger partial charge on any atom is -0.387 e. The normalized spacial score (nSPS) is 13.0. The highest BCUT2D eigenvalue weighted by atomic mass is 127. The summed E-state index contributed by atoms with van der Waals surface area (Å²) in [6.07, 6.45) is -0.537. The number of halogens is 2. The molecule has 1 rings (SSSR count). The van der Waals surface area contributed by atoms with Crippen molar-refractivity contribution < 1.29 is 5.11 Å². The molecule has 3 heteroatoms. The highest BCUT2D eigenvalue weighted by Gasteiger charge is 2.07. The minimum atomic E-state index is -0.537. The molecule has 0 heterocycles. The summed E-state index contributed by atoms with van der Waals surface area (Å²) in [7, 11) is 0. The van der Waals surface area contributed by atoms with E-state index in [2.05, 4.69) is 22.6 Å². The molecule has 0 aliphatic rings. The summed E-state index contributed by atoms with van der Waals surface area (Å²) in [6, 6.07) is 7.67. The van der Waals surface area contributed by atoms with Gasteiger partial charge in [0.25, 0.3) is 0 Å². The van der Waals surface area contributed by atoms with Crippen molar-refractivity contribution in [2.75, 3.05) is 5.88 Å². The first-order chi connectivity index (χ1) is 5.25. The molecule has 0 fully saturated rings. The molecule has 1 atom stereocenters. The van der Waals surface area contributed by atoms with Gasteiger partial charge in [0.2, 0.25) is 0 Å². The first-order valence-electron chi connectivity index (χ1n) is 3.24. The topological polar surface area (TPSA) is 20.2 Å². The van der Waals surface area contributed by atoms with Gasteiger partial charge in [-0.15, -0.1) is 11.6 Å². The van der Waals surface area contributed by atoms with Gasteiger partial charge in [-0.2, -0.15) is 0 Å². The molecule has 0 amide bonds. The molecule has 1 aromatic carbocycles. The molecule has 1 nitrogen and oxygen atoms in total. The zero-order valence-electron chi connectivity index (χ0n) is 5.80. The third-order valence-electron chi connectivity index (χ3n) is 1.41. The lowest BCUT2D eigenvalue weighted by Gasteiger charge is -2.08. The molecule has 1 aromatic rings. The van der Waals surface area contributed by atoms with Crippen LogP contribution < -0.4 is 0 Å². The SMILES string of the molecule is OC(CCl)c1ccccc1I. The predicted octanol–water partition coefficient (Wildman–Crippen LogP) is 2.56. The van der Waals surface area contributed by atoms with E-state index in [-0.39, 0.29) is 5.88 Å². The van der Waals surface area contributed by atoms with E-state index in [0.29, 0.717) is 0 Å². The summed E-state index contributed by atoms with van der Waals surface area (Å²) >= 11 is 7.69. The lowest BCUT2D eigenvalue weighted by atomic mass is 10.1. The van der Waals surface area contributed by atoms with Gasteiger partial charge in [-0.3, -0.25) is 0 Å². The van der Waals surface area contributed by atoms with Crippen LogP contribution in [0.3, 0.4) is 0 Å². The van der Waals surface area contributed by atoms with Gasteiger partial charge in [0.05, 0.1) is 12.0 Å². The fraction of sp³-hybridized carbons (Fsp3) is 0.250. The maximum atomic E-state index is 9.37. The van der Waals surface area contributed by atoms with E-state index in [1.807, 2.05) is 24.3 Å². The van der Waals surface area contributed by atoms with Crippen LogP contribution in [0.4, 0.5) is 0 Å². The van der Waals surface area contributed by atoms with Gasteiger partial charge < -0.3 is 5.11 Å². The molecule has 1 unspecified atom stereocenters. The van der Waals surface area contributed by atoms with Crippen molar-refractivity contribution in [3.05, 3.63) is 33.4 Å². The Bertz CT molecular complexity index is 239. The van der Waals surface area contributed by atoms with Crippen molar-refractivity contribution in [1.82, 2.24) is 0 Å². The first-order valence-corrected chi connectivity index (χ1v) is 4.85. The Morgan fingerprint density at radius 2 is 2.09 bits per heavy atom. The van der Waals surface area contributed by atoms with Crippen LogP contribution >= 0.6 is 34.2 Å². The monoisotopic (exact) mass is 282 g/mol. The minimum absolute atomic E-state index is 0.250. The molecule has 0 radical (unpaired) electrons. The Hall–Kier alpha value is 0.200. The molecule has 0 saturated heterocycles. The molecule has 1 N–H and O–H groups in total. The zero-order chi connectivity index (χ0) is 8.27. The lowest BCUT2D eigenvalue weighted by molar-refractivity contribution is 0.202. The number of hydrogen-bond donors (Lipinski definition) is 1. The number of rotatable bonds is 2. The standard InChI is InChI=1S/C8H8ClIO/c9-5-8(11)6-3-1-2-4-7(6)10/h1-4,8,11H,5H2. The van der Waals surface area contributed by atoms with Crippen LogP contribution in [-0.4, -0.2) is 11.0 Å². The number of alkyl halides is 1. The van der Waals surface area contributed by atoms with E-state index in [1.54, 1.807) is 0 Å². The maximum Gasteiger partial charge on any atom is 0.0935 e. The van der Waals surface area contributed by atoms with Gasteiger partial charge in [0.15, 0.2) is 0 Å². The van der Waals surface area contributed by atoms with Crippen LogP contribution in [0.25, 0.3) is 0 Å². The van der Waals surface area contributed by atoms with E-state index < -0.39 is 6.10 Å². The number of aliphatic hydroxyl groups excluding tert-OH is 1. The fourth-order valence-corrected chi connectivity index (χ4v) is 1.74. The molecule has 0 saturated carbocycles. The maximum absolute atomic E-state index is 9.37. The summed E-state index contributed by atoms with van der Waals surface area (Å²) in [5, 5.41) is 9.37. The van der Waals surface area contributed by atoms with E-state index >= 15 is 0 Å². The smallest absolute Gasteiger partial charge is 0.0935 e. The zero-order valence-corrected chi connectivity index (χ0v) is 8.71. The highest BCUT2D eigenvalue weighted by Crippen LogP contribution is 2.20. The molecular weight excluding hydrogens is 274 g/mol. The Balaban J connectivity index is 2.93. The second kappa shape index (κ2) is 4.28. The molecule has 0 spiro atoms. The van der Waals surface area contributed by atoms with Crippen molar-refractivity contribution in [2.24, 2.45) is 0 Å². The van der Waals surface area contributed by atoms with Crippen LogP contribution in [-0.2, 0) is 0 Å². The Kier molecular flexibility index (Phi) is 3.62. The van der Waals surface area contributed by atoms with Crippen molar-refractivity contribution >= 4 is 34.2 Å². The first kappa shape index (κ1) is 9.29. The van der Waals surface area contributed by atoms with Crippen LogP contribution in [0.5, 0.6) is 0 Å². The quantitative estimate of drug-likeness (QED) is 0.653. The molecule has 11 heavy (non-hydrogen) atoms. The number of benzene rings is 1. The summed E-state index contributed by atoms with van der Waals surface area (Å²) in [5.41, 5.74) is 0.906. The molecular formula is C8H8ClIO. The van der Waals surface area contributed by atoms with Crippen LogP contribution in [0.1, 0.15) is 11.7 Å². The highest BCUT2D eigenvalue weighted by molar-refractivity contribution is 14.1. The van der Waals surface area contributed by atoms with Crippen molar-refractivity contribution in [2.45, 2.75) is 6.10 Å². The number of hydrogen-bond acceptors (Lipinski definition) is 1. The third-order valence-corrected chi connectivity index (χ3v) is 2.69. The van der Waals surface area contributed by atoms with Gasteiger partial charge in [-0.05, 0) is 34.2 Å². The van der Waals surface area contributed by atoms with Crippen LogP contribution in [0.15, 0.2) is 24.3 Å². The Morgan fingerprint density at radius 1 is 1.45 bits per heavy atom. The second-order valence-corrected chi connectivity index (χ2v) is 3.66. The molecule has 0 aliphatic carbocycles. The average molecular weight is 283 g/mol. The van der Waals surface area contributed by atoms with Crippen molar-refractivity contribution in [1.29, 1.82) is 0 Å². The number of aliphatic hydroxyl groups is 1. The van der Waals surface area contributed by atoms with Gasteiger partial charge in [0.1, 0.15) is 0 Å². The predicted molar refractivity (Wildman–Crippen MR) is 54.8 cm³/mol. The van der Waals surface area contributed by atoms with Crippen LogP contribution in [0, 0.1) is 3.57 Å². The second-order valence-electron chi connectivity index (χ2n) is 2.19. The molecule has 0 bridgehead atoms. The van der Waals surface area contributed by atoms with Gasteiger partial charge in [-0.25, -0.2) is 0 Å². The van der Waals surface area contributed by atoms with Gasteiger partial charge in [-0.1, -0.05) is 18.2 Å². The van der Waals surface area contributed by atoms with E-state index in [0.717, 1.165) is 9.13 Å². The summed E-state index contributed by atoms with van der Waals surface area (Å²) in [4.78, 5) is 0. The van der Waals surface area contributed by atoms with E-state index in [9.17, 15) is 5.11 Å². The van der Waals surface area contributed by atoms with Crippen LogP contribution in [0.2, 0.25) is 0 Å². The molecule has 0 aliphatic heterocycles.